The Morgan fingerprint density at radius 3 is 2.67 bits per heavy atom. The number of likely N-dealkylation sites (tertiary alicyclic amines) is 2. The molecule has 0 aromatic heterocycles. The largest absolute Gasteiger partial charge is 0.383 e. The molecule has 0 aliphatic carbocycles. The van der Waals surface area contributed by atoms with Crippen LogP contribution in [0.2, 0.25) is 0 Å². The van der Waals surface area contributed by atoms with Gasteiger partial charge in [-0.2, -0.15) is 0 Å². The van der Waals surface area contributed by atoms with Crippen molar-refractivity contribution in [3.05, 3.63) is 29.3 Å². The van der Waals surface area contributed by atoms with Gasteiger partial charge in [0.1, 0.15) is 0 Å². The Morgan fingerprint density at radius 2 is 2.00 bits per heavy atom. The number of carbonyl (C=O) groups is 3. The number of hydrogen-bond donors (Lipinski definition) is 1. The number of ether oxygens (including phenoxy) is 1. The molecule has 0 radical (unpaired) electrons. The van der Waals surface area contributed by atoms with E-state index >= 15 is 0 Å². The van der Waals surface area contributed by atoms with Crippen molar-refractivity contribution in [3.8, 4) is 0 Å². The van der Waals surface area contributed by atoms with Gasteiger partial charge in [0.25, 0.3) is 5.91 Å². The van der Waals surface area contributed by atoms with Crippen molar-refractivity contribution in [3.63, 3.8) is 0 Å². The lowest BCUT2D eigenvalue weighted by atomic mass is 9.85. The molecule has 0 bridgehead atoms. The molecular formula is C20H27N3O4. The van der Waals surface area contributed by atoms with Gasteiger partial charge in [0.05, 0.1) is 12.0 Å². The third-order valence-corrected chi connectivity index (χ3v) is 5.58. The van der Waals surface area contributed by atoms with Crippen molar-refractivity contribution in [1.29, 1.82) is 0 Å². The Morgan fingerprint density at radius 1 is 1.26 bits per heavy atom. The Kier molecular flexibility index (Phi) is 5.51. The van der Waals surface area contributed by atoms with Gasteiger partial charge >= 0.3 is 0 Å². The molecule has 1 aromatic carbocycles. The Balaban J connectivity index is 1.69. The maximum Gasteiger partial charge on any atom is 0.254 e. The van der Waals surface area contributed by atoms with Crippen molar-refractivity contribution < 1.29 is 19.1 Å². The van der Waals surface area contributed by atoms with Crippen molar-refractivity contribution in [2.75, 3.05) is 45.2 Å². The Hall–Kier alpha value is -2.41. The second-order valence-electron chi connectivity index (χ2n) is 7.50. The molecule has 27 heavy (non-hydrogen) atoms. The predicted octanol–water partition coefficient (Wildman–Crippen LogP) is 1.66. The van der Waals surface area contributed by atoms with Crippen LogP contribution in [0.4, 0.5) is 5.69 Å². The van der Waals surface area contributed by atoms with Crippen molar-refractivity contribution in [1.82, 2.24) is 9.80 Å². The molecule has 2 fully saturated rings. The summed E-state index contributed by atoms with van der Waals surface area (Å²) in [5, 5.41) is 2.72. The topological polar surface area (TPSA) is 79.0 Å². The second kappa shape index (κ2) is 7.68. The van der Waals surface area contributed by atoms with E-state index in [0.29, 0.717) is 43.9 Å². The highest BCUT2D eigenvalue weighted by Crippen LogP contribution is 2.41. The molecule has 1 unspecified atom stereocenters. The van der Waals surface area contributed by atoms with E-state index in [-0.39, 0.29) is 17.7 Å². The van der Waals surface area contributed by atoms with Gasteiger partial charge in [0.15, 0.2) is 0 Å². The third-order valence-electron chi connectivity index (χ3n) is 5.58. The summed E-state index contributed by atoms with van der Waals surface area (Å²) >= 11 is 0. The number of methoxy groups -OCH3 is 1. The number of aryl methyl sites for hydroxylation is 1. The van der Waals surface area contributed by atoms with Crippen LogP contribution >= 0.6 is 0 Å². The van der Waals surface area contributed by atoms with E-state index in [2.05, 4.69) is 5.32 Å². The number of anilines is 1. The number of nitrogens with one attached hydrogen (secondary N) is 1. The van der Waals surface area contributed by atoms with Crippen LogP contribution in [-0.2, 0) is 14.3 Å². The average Bonchev–Trinajstić information content (AvgIpc) is 3.18. The first-order valence-corrected chi connectivity index (χ1v) is 9.32. The normalized spacial score (nSPS) is 22.0. The molecule has 7 nitrogen and oxygen atoms in total. The average molecular weight is 373 g/mol. The Bertz CT molecular complexity index is 764. The van der Waals surface area contributed by atoms with Crippen LogP contribution in [-0.4, -0.2) is 67.4 Å². The molecule has 2 aliphatic heterocycles. The summed E-state index contributed by atoms with van der Waals surface area (Å²) in [5.41, 5.74) is 1.66. The number of amides is 3. The van der Waals surface area contributed by atoms with Gasteiger partial charge in [-0.3, -0.25) is 14.4 Å². The molecule has 1 atom stereocenters. The standard InChI is InChI=1S/C20H27N3O4/c1-14-12-16(21-15(2)24)4-5-17(14)18(25)23-9-7-20(13-23)6-8-22(19(20)26)10-11-27-3/h4-5,12H,6-11,13H2,1-3H3,(H,21,24). The van der Waals surface area contributed by atoms with Crippen LogP contribution in [0.15, 0.2) is 18.2 Å². The second-order valence-corrected chi connectivity index (χ2v) is 7.50. The fourth-order valence-electron chi connectivity index (χ4n) is 4.09. The number of benzene rings is 1. The molecule has 3 amide bonds. The number of carbonyl (C=O) groups excluding carboxylic acids is 3. The van der Waals surface area contributed by atoms with E-state index in [1.807, 2.05) is 11.8 Å². The van der Waals surface area contributed by atoms with Crippen LogP contribution in [0.25, 0.3) is 0 Å². The van der Waals surface area contributed by atoms with Gasteiger partial charge in [-0.05, 0) is 43.5 Å². The van der Waals surface area contributed by atoms with Gasteiger partial charge in [-0.1, -0.05) is 0 Å². The van der Waals surface area contributed by atoms with Gasteiger partial charge in [0.2, 0.25) is 11.8 Å². The van der Waals surface area contributed by atoms with Crippen molar-refractivity contribution in [2.24, 2.45) is 5.41 Å². The number of hydrogen-bond acceptors (Lipinski definition) is 4. The summed E-state index contributed by atoms with van der Waals surface area (Å²) in [6, 6.07) is 5.28. The molecule has 2 saturated heterocycles. The lowest BCUT2D eigenvalue weighted by Crippen LogP contribution is -2.39. The van der Waals surface area contributed by atoms with Gasteiger partial charge in [-0.25, -0.2) is 0 Å². The highest BCUT2D eigenvalue weighted by Gasteiger charge is 2.51. The third kappa shape index (κ3) is 3.83. The summed E-state index contributed by atoms with van der Waals surface area (Å²) in [7, 11) is 1.63. The fourth-order valence-corrected chi connectivity index (χ4v) is 4.09. The minimum atomic E-state index is -0.437. The first-order chi connectivity index (χ1) is 12.9. The predicted molar refractivity (Wildman–Crippen MR) is 102 cm³/mol. The monoisotopic (exact) mass is 373 g/mol. The van der Waals surface area contributed by atoms with E-state index < -0.39 is 5.41 Å². The van der Waals surface area contributed by atoms with Gasteiger partial charge in [0, 0.05) is 51.5 Å². The van der Waals surface area contributed by atoms with Crippen LogP contribution in [0.3, 0.4) is 0 Å². The summed E-state index contributed by atoms with van der Waals surface area (Å²) in [6.45, 7) is 6.24. The number of nitrogens with zero attached hydrogens (tertiary/aromatic N) is 2. The zero-order valence-corrected chi connectivity index (χ0v) is 16.2. The molecule has 1 N–H and O–H groups in total. The first-order valence-electron chi connectivity index (χ1n) is 9.32. The maximum absolute atomic E-state index is 13.0. The molecule has 3 rings (SSSR count). The highest BCUT2D eigenvalue weighted by atomic mass is 16.5. The highest BCUT2D eigenvalue weighted by molar-refractivity contribution is 5.98. The van der Waals surface area contributed by atoms with E-state index in [0.717, 1.165) is 18.5 Å². The maximum atomic E-state index is 13.0. The minimum absolute atomic E-state index is 0.0538. The summed E-state index contributed by atoms with van der Waals surface area (Å²) in [5.74, 6) is -0.0535. The van der Waals surface area contributed by atoms with Crippen LogP contribution < -0.4 is 5.32 Å². The van der Waals surface area contributed by atoms with Crippen LogP contribution in [0.5, 0.6) is 0 Å². The van der Waals surface area contributed by atoms with Crippen LogP contribution in [0.1, 0.15) is 35.7 Å². The lowest BCUT2D eigenvalue weighted by Gasteiger charge is -2.24. The molecule has 1 aromatic rings. The smallest absolute Gasteiger partial charge is 0.254 e. The fraction of sp³-hybridized carbons (Fsp3) is 0.550. The van der Waals surface area contributed by atoms with Crippen molar-refractivity contribution >= 4 is 23.4 Å². The molecule has 2 aliphatic rings. The SMILES string of the molecule is COCCN1CCC2(CCN(C(=O)c3ccc(NC(C)=O)cc3C)C2)C1=O. The lowest BCUT2D eigenvalue weighted by molar-refractivity contribution is -0.135. The number of rotatable bonds is 5. The Labute approximate surface area is 159 Å². The molecule has 2 heterocycles. The summed E-state index contributed by atoms with van der Waals surface area (Å²) in [6.07, 6.45) is 1.50. The van der Waals surface area contributed by atoms with Crippen LogP contribution in [0, 0.1) is 12.3 Å². The zero-order valence-electron chi connectivity index (χ0n) is 16.2. The first kappa shape index (κ1) is 19.4. The molecular weight excluding hydrogens is 346 g/mol. The molecule has 0 saturated carbocycles. The van der Waals surface area contributed by atoms with Gasteiger partial charge in [-0.15, -0.1) is 0 Å². The minimum Gasteiger partial charge on any atom is -0.383 e. The molecule has 1 spiro atoms. The van der Waals surface area contributed by atoms with E-state index in [1.54, 1.807) is 30.2 Å². The van der Waals surface area contributed by atoms with Crippen molar-refractivity contribution in [2.45, 2.75) is 26.7 Å². The molecule has 146 valence electrons. The summed E-state index contributed by atoms with van der Waals surface area (Å²) < 4.78 is 5.08. The van der Waals surface area contributed by atoms with E-state index in [4.69, 9.17) is 4.74 Å². The quantitative estimate of drug-likeness (QED) is 0.851. The van der Waals surface area contributed by atoms with E-state index in [1.165, 1.54) is 6.92 Å². The summed E-state index contributed by atoms with van der Waals surface area (Å²) in [4.78, 5) is 40.7. The zero-order chi connectivity index (χ0) is 19.6. The van der Waals surface area contributed by atoms with E-state index in [9.17, 15) is 14.4 Å². The molecule has 7 heteroatoms. The van der Waals surface area contributed by atoms with Gasteiger partial charge < -0.3 is 19.9 Å².